The number of hydrogen-bond acceptors (Lipinski definition) is 3. The molecule has 15 heavy (non-hydrogen) atoms. The maximum absolute atomic E-state index is 11.9. The summed E-state index contributed by atoms with van der Waals surface area (Å²) in [5.74, 6) is 0.578. The average Bonchev–Trinajstić information content (AvgIpc) is 2.65. The minimum Gasteiger partial charge on any atom is -0.461 e. The molecule has 0 spiro atoms. The van der Waals surface area contributed by atoms with Crippen molar-refractivity contribution in [3.63, 3.8) is 0 Å². The molecular formula is C12H14O3. The minimum atomic E-state index is -0.319. The molecule has 2 aliphatic heterocycles. The molecule has 80 valence electrons. The van der Waals surface area contributed by atoms with Gasteiger partial charge in [-0.25, -0.2) is 0 Å². The zero-order valence-corrected chi connectivity index (χ0v) is 8.68. The molecule has 1 saturated heterocycles. The molecule has 0 aromatic carbocycles. The van der Waals surface area contributed by atoms with Crippen LogP contribution in [0.15, 0.2) is 24.8 Å². The minimum absolute atomic E-state index is 0.0978. The van der Waals surface area contributed by atoms with Gasteiger partial charge in [-0.1, -0.05) is 24.8 Å². The Morgan fingerprint density at radius 2 is 2.13 bits per heavy atom. The topological polar surface area (TPSA) is 35.5 Å². The molecule has 2 bridgehead atoms. The van der Waals surface area contributed by atoms with Gasteiger partial charge in [-0.3, -0.25) is 4.79 Å². The predicted molar refractivity (Wildman–Crippen MR) is 54.0 cm³/mol. The first kappa shape index (κ1) is 9.16. The molecule has 0 aromatic heterocycles. The fourth-order valence-electron chi connectivity index (χ4n) is 3.13. The quantitative estimate of drug-likeness (QED) is 0.516. The number of carbonyl (C=O) groups is 1. The molecule has 3 nitrogen and oxygen atoms in total. The summed E-state index contributed by atoms with van der Waals surface area (Å²) in [6.45, 7) is 5.83. The lowest BCUT2D eigenvalue weighted by Gasteiger charge is -2.17. The summed E-state index contributed by atoms with van der Waals surface area (Å²) in [6, 6.07) is 0. The smallest absolute Gasteiger partial charge is 0.312 e. The van der Waals surface area contributed by atoms with E-state index in [1.54, 1.807) is 6.08 Å². The van der Waals surface area contributed by atoms with E-state index in [-0.39, 0.29) is 23.6 Å². The largest absolute Gasteiger partial charge is 0.461 e. The van der Waals surface area contributed by atoms with Crippen molar-refractivity contribution in [1.82, 2.24) is 0 Å². The van der Waals surface area contributed by atoms with Gasteiger partial charge in [0.05, 0.1) is 17.6 Å². The van der Waals surface area contributed by atoms with Gasteiger partial charge in [0, 0.05) is 11.8 Å². The van der Waals surface area contributed by atoms with Crippen LogP contribution in [0.1, 0.15) is 6.92 Å². The van der Waals surface area contributed by atoms with Gasteiger partial charge in [0.15, 0.2) is 0 Å². The Bertz CT molecular complexity index is 340. The van der Waals surface area contributed by atoms with Gasteiger partial charge in [-0.15, -0.1) is 0 Å². The molecule has 1 aliphatic carbocycles. The van der Waals surface area contributed by atoms with Crippen molar-refractivity contribution >= 4 is 5.97 Å². The van der Waals surface area contributed by atoms with E-state index in [1.165, 1.54) is 0 Å². The van der Waals surface area contributed by atoms with Crippen molar-refractivity contribution in [2.45, 2.75) is 19.1 Å². The highest BCUT2D eigenvalue weighted by molar-refractivity contribution is 5.82. The third-order valence-corrected chi connectivity index (χ3v) is 3.95. The Hall–Kier alpha value is -1.09. The molecule has 2 fully saturated rings. The molecule has 3 aliphatic rings. The van der Waals surface area contributed by atoms with E-state index in [0.29, 0.717) is 18.4 Å². The van der Waals surface area contributed by atoms with Gasteiger partial charge < -0.3 is 9.47 Å². The second-order valence-electron chi connectivity index (χ2n) is 4.67. The van der Waals surface area contributed by atoms with E-state index in [2.05, 4.69) is 18.7 Å². The van der Waals surface area contributed by atoms with Crippen molar-refractivity contribution in [3.8, 4) is 0 Å². The fourth-order valence-corrected chi connectivity index (χ4v) is 3.13. The summed E-state index contributed by atoms with van der Waals surface area (Å²) < 4.78 is 10.8. The third-order valence-electron chi connectivity index (χ3n) is 3.95. The number of esters is 1. The lowest BCUT2D eigenvalue weighted by molar-refractivity contribution is -0.151. The lowest BCUT2D eigenvalue weighted by atomic mass is 10.0. The highest BCUT2D eigenvalue weighted by Gasteiger charge is 2.76. The van der Waals surface area contributed by atoms with Crippen LogP contribution in [0.3, 0.4) is 0 Å². The molecule has 1 unspecified atom stereocenters. The monoisotopic (exact) mass is 206 g/mol. The van der Waals surface area contributed by atoms with E-state index in [1.807, 2.05) is 6.92 Å². The van der Waals surface area contributed by atoms with Crippen LogP contribution in [0, 0.1) is 17.3 Å². The van der Waals surface area contributed by atoms with Gasteiger partial charge in [0.2, 0.25) is 0 Å². The molecule has 0 radical (unpaired) electrons. The Morgan fingerprint density at radius 3 is 2.67 bits per heavy atom. The standard InChI is InChI=1S/C12H14O3/c1-3-6-14-11(13)12(2)9-7-4-5-8(15-7)10(9)12/h3-5,7-10H,1,6H2,2H3/t7-,8+,9-,10-,12?/m0/s1. The van der Waals surface area contributed by atoms with Gasteiger partial charge in [0.1, 0.15) is 6.61 Å². The van der Waals surface area contributed by atoms with Crippen molar-refractivity contribution in [3.05, 3.63) is 24.8 Å². The summed E-state index contributed by atoms with van der Waals surface area (Å²) >= 11 is 0. The molecule has 3 rings (SSSR count). The predicted octanol–water partition coefficient (Wildman–Crippen LogP) is 1.31. The summed E-state index contributed by atoms with van der Waals surface area (Å²) in [5.41, 5.74) is -0.319. The van der Waals surface area contributed by atoms with Crippen LogP contribution >= 0.6 is 0 Å². The van der Waals surface area contributed by atoms with Crippen LogP contribution < -0.4 is 0 Å². The number of fused-ring (bicyclic) bond motifs is 5. The number of rotatable bonds is 3. The first-order chi connectivity index (χ1) is 7.19. The third kappa shape index (κ3) is 0.965. The molecule has 0 N–H and O–H groups in total. The summed E-state index contributed by atoms with van der Waals surface area (Å²) in [4.78, 5) is 11.9. The number of carbonyl (C=O) groups excluding carboxylic acids is 1. The SMILES string of the molecule is C=CCOC(=O)C1(C)[C@@H]2[C@@H]1[C@H]1C=C[C@@H]2O1. The van der Waals surface area contributed by atoms with Crippen LogP contribution in [0.5, 0.6) is 0 Å². The molecule has 3 heteroatoms. The van der Waals surface area contributed by atoms with E-state index >= 15 is 0 Å². The van der Waals surface area contributed by atoms with Crippen molar-refractivity contribution in [2.24, 2.45) is 17.3 Å². The second-order valence-corrected chi connectivity index (χ2v) is 4.67. The lowest BCUT2D eigenvalue weighted by Crippen LogP contribution is -2.27. The van der Waals surface area contributed by atoms with Crippen molar-refractivity contribution in [2.75, 3.05) is 6.61 Å². The summed E-state index contributed by atoms with van der Waals surface area (Å²) in [5, 5.41) is 0. The van der Waals surface area contributed by atoms with Gasteiger partial charge in [-0.05, 0) is 6.92 Å². The van der Waals surface area contributed by atoms with E-state index in [0.717, 1.165) is 0 Å². The van der Waals surface area contributed by atoms with E-state index < -0.39 is 0 Å². The Balaban J connectivity index is 1.74. The maximum atomic E-state index is 11.9. The average molecular weight is 206 g/mol. The zero-order valence-electron chi connectivity index (χ0n) is 8.68. The first-order valence-electron chi connectivity index (χ1n) is 5.31. The molecule has 0 aromatic rings. The van der Waals surface area contributed by atoms with Crippen LogP contribution in [-0.2, 0) is 14.3 Å². The Labute approximate surface area is 88.7 Å². The van der Waals surface area contributed by atoms with Gasteiger partial charge >= 0.3 is 5.97 Å². The first-order valence-corrected chi connectivity index (χ1v) is 5.31. The van der Waals surface area contributed by atoms with Crippen LogP contribution in [0.2, 0.25) is 0 Å². The van der Waals surface area contributed by atoms with Gasteiger partial charge in [0.25, 0.3) is 0 Å². The van der Waals surface area contributed by atoms with Crippen molar-refractivity contribution < 1.29 is 14.3 Å². The highest BCUT2D eigenvalue weighted by atomic mass is 16.5. The van der Waals surface area contributed by atoms with Gasteiger partial charge in [-0.2, -0.15) is 0 Å². The summed E-state index contributed by atoms with van der Waals surface area (Å²) in [7, 11) is 0. The fraction of sp³-hybridized carbons (Fsp3) is 0.583. The van der Waals surface area contributed by atoms with Crippen LogP contribution in [0.4, 0.5) is 0 Å². The van der Waals surface area contributed by atoms with Crippen LogP contribution in [0.25, 0.3) is 0 Å². The van der Waals surface area contributed by atoms with Crippen molar-refractivity contribution in [1.29, 1.82) is 0 Å². The normalized spacial score (nSPS) is 48.9. The maximum Gasteiger partial charge on any atom is 0.312 e. The molecule has 5 atom stereocenters. The Kier molecular flexibility index (Phi) is 1.67. The zero-order chi connectivity index (χ0) is 10.6. The Morgan fingerprint density at radius 1 is 1.53 bits per heavy atom. The number of hydrogen-bond donors (Lipinski definition) is 0. The molecule has 2 heterocycles. The number of ether oxygens (including phenoxy) is 2. The molecule has 0 amide bonds. The highest BCUT2D eigenvalue weighted by Crippen LogP contribution is 2.69. The molecule has 1 saturated carbocycles. The summed E-state index contributed by atoms with van der Waals surface area (Å²) in [6.07, 6.45) is 6.01. The molecular weight excluding hydrogens is 192 g/mol. The van der Waals surface area contributed by atoms with E-state index in [9.17, 15) is 4.79 Å². The van der Waals surface area contributed by atoms with E-state index in [4.69, 9.17) is 9.47 Å². The second kappa shape index (κ2) is 2.73. The van der Waals surface area contributed by atoms with Crippen LogP contribution in [-0.4, -0.2) is 24.8 Å².